The molecule has 158 valence electrons. The van der Waals surface area contributed by atoms with Crippen molar-refractivity contribution in [2.24, 2.45) is 0 Å². The zero-order valence-corrected chi connectivity index (χ0v) is 18.8. The van der Waals surface area contributed by atoms with E-state index in [1.165, 1.54) is 5.56 Å². The molecular formula is C24H40N2O2. The third kappa shape index (κ3) is 5.36. The molecule has 0 radical (unpaired) electrons. The minimum Gasteiger partial charge on any atom is -0.353 e. The average molecular weight is 389 g/mol. The minimum atomic E-state index is -0.157. The first kappa shape index (κ1) is 22.9. The van der Waals surface area contributed by atoms with E-state index in [1.807, 2.05) is 6.07 Å². The number of hydrogen-bond acceptors (Lipinski definition) is 3. The van der Waals surface area contributed by atoms with Crippen molar-refractivity contribution in [2.75, 3.05) is 0 Å². The lowest BCUT2D eigenvalue weighted by Crippen LogP contribution is -2.66. The lowest BCUT2D eigenvalue weighted by molar-refractivity contribution is -0.316. The molecule has 2 rings (SSSR count). The molecular weight excluding hydrogens is 348 g/mol. The molecule has 1 aromatic carbocycles. The highest BCUT2D eigenvalue weighted by Crippen LogP contribution is 2.44. The number of nitrogens with zero attached hydrogens (tertiary/aromatic N) is 1. The fourth-order valence-electron chi connectivity index (χ4n) is 4.70. The van der Waals surface area contributed by atoms with Gasteiger partial charge in [-0.1, -0.05) is 57.5 Å². The van der Waals surface area contributed by atoms with Crippen molar-refractivity contribution in [1.29, 1.82) is 0 Å². The van der Waals surface area contributed by atoms with Crippen LogP contribution in [0.2, 0.25) is 0 Å². The number of piperidine rings is 1. The molecule has 4 nitrogen and oxygen atoms in total. The van der Waals surface area contributed by atoms with Gasteiger partial charge in [0.2, 0.25) is 5.91 Å². The fourth-order valence-corrected chi connectivity index (χ4v) is 4.70. The van der Waals surface area contributed by atoms with Crippen molar-refractivity contribution >= 4 is 5.91 Å². The van der Waals surface area contributed by atoms with Gasteiger partial charge in [0.25, 0.3) is 0 Å². The molecule has 2 unspecified atom stereocenters. The molecule has 1 N–H and O–H groups in total. The van der Waals surface area contributed by atoms with Gasteiger partial charge < -0.3 is 5.32 Å². The molecule has 28 heavy (non-hydrogen) atoms. The Morgan fingerprint density at radius 2 is 1.82 bits per heavy atom. The van der Waals surface area contributed by atoms with Gasteiger partial charge in [-0.15, -0.1) is 0 Å². The van der Waals surface area contributed by atoms with E-state index in [0.29, 0.717) is 6.42 Å². The first-order valence-electron chi connectivity index (χ1n) is 11.1. The van der Waals surface area contributed by atoms with Gasteiger partial charge in [-0.3, -0.25) is 9.63 Å². The molecule has 1 saturated heterocycles. The molecule has 4 heteroatoms. The van der Waals surface area contributed by atoms with Gasteiger partial charge in [-0.25, -0.2) is 0 Å². The predicted octanol–water partition coefficient (Wildman–Crippen LogP) is 5.79. The first-order chi connectivity index (χ1) is 13.3. The summed E-state index contributed by atoms with van der Waals surface area (Å²) < 4.78 is 0. The number of carbonyl (C=O) groups is 1. The molecule has 0 bridgehead atoms. The summed E-state index contributed by atoms with van der Waals surface area (Å²) in [6, 6.07) is 10.6. The normalized spacial score (nSPS) is 22.6. The Balaban J connectivity index is 2.19. The summed E-state index contributed by atoms with van der Waals surface area (Å²) in [4.78, 5) is 19.0. The Hall–Kier alpha value is -1.39. The monoisotopic (exact) mass is 388 g/mol. The van der Waals surface area contributed by atoms with E-state index in [1.54, 1.807) is 0 Å². The Morgan fingerprint density at radius 3 is 2.39 bits per heavy atom. The Kier molecular flexibility index (Phi) is 8.08. The van der Waals surface area contributed by atoms with Crippen LogP contribution in [0.25, 0.3) is 0 Å². The van der Waals surface area contributed by atoms with Crippen LogP contribution in [0.3, 0.4) is 0 Å². The van der Waals surface area contributed by atoms with Crippen LogP contribution in [0, 0.1) is 0 Å². The molecule has 1 heterocycles. The Morgan fingerprint density at radius 1 is 1.18 bits per heavy atom. The number of hydroxylamine groups is 2. The van der Waals surface area contributed by atoms with E-state index < -0.39 is 0 Å². The van der Waals surface area contributed by atoms with Gasteiger partial charge in [-0.2, -0.15) is 5.06 Å². The maximum Gasteiger partial charge on any atom is 0.220 e. The van der Waals surface area contributed by atoms with Gasteiger partial charge in [-0.05, 0) is 58.4 Å². The zero-order valence-electron chi connectivity index (χ0n) is 18.8. The smallest absolute Gasteiger partial charge is 0.220 e. The first-order valence-corrected chi connectivity index (χ1v) is 11.1. The Labute approximate surface area is 172 Å². The summed E-state index contributed by atoms with van der Waals surface area (Å²) in [5, 5.41) is 5.59. The van der Waals surface area contributed by atoms with Crippen LogP contribution in [-0.2, 0) is 9.63 Å². The second-order valence-corrected chi connectivity index (χ2v) is 8.97. The molecule has 0 aromatic heterocycles. The molecule has 0 spiro atoms. The van der Waals surface area contributed by atoms with Crippen molar-refractivity contribution in [3.63, 3.8) is 0 Å². The topological polar surface area (TPSA) is 41.6 Å². The average Bonchev–Trinajstić information content (AvgIpc) is 2.68. The predicted molar refractivity (Wildman–Crippen MR) is 116 cm³/mol. The summed E-state index contributed by atoms with van der Waals surface area (Å²) in [6.07, 6.45) is 6.45. The highest BCUT2D eigenvalue weighted by Gasteiger charge is 2.50. The van der Waals surface area contributed by atoms with Crippen LogP contribution in [0.5, 0.6) is 0 Å². The van der Waals surface area contributed by atoms with Crippen LogP contribution < -0.4 is 5.32 Å². The standard InChI is InChI=1S/C24H40N2O2/c1-7-10-16-22(27)25-21-17-23(5,6)26(24(8-2,9-3)18-21)28-19(4)20-14-12-11-13-15-20/h11-15,19,21H,7-10,16-18H2,1-6H3,(H,25,27). The van der Waals surface area contributed by atoms with Crippen molar-refractivity contribution in [3.8, 4) is 0 Å². The lowest BCUT2D eigenvalue weighted by atomic mass is 9.74. The number of carbonyl (C=O) groups excluding carboxylic acids is 1. The molecule has 2 atom stereocenters. The van der Waals surface area contributed by atoms with Crippen LogP contribution in [-0.4, -0.2) is 28.1 Å². The van der Waals surface area contributed by atoms with Crippen LogP contribution in [0.15, 0.2) is 30.3 Å². The maximum atomic E-state index is 12.4. The second kappa shape index (κ2) is 9.89. The third-order valence-corrected chi connectivity index (χ3v) is 6.32. The summed E-state index contributed by atoms with van der Waals surface area (Å²) in [7, 11) is 0. The SMILES string of the molecule is CCCCC(=O)NC1CC(C)(C)N(OC(C)c2ccccc2)C(CC)(CC)C1. The number of nitrogens with one attached hydrogen (secondary N) is 1. The number of rotatable bonds is 9. The minimum absolute atomic E-state index is 0.00588. The van der Waals surface area contributed by atoms with Crippen LogP contribution in [0.4, 0.5) is 0 Å². The molecule has 0 saturated carbocycles. The second-order valence-electron chi connectivity index (χ2n) is 8.97. The number of benzene rings is 1. The van der Waals surface area contributed by atoms with E-state index in [4.69, 9.17) is 4.84 Å². The summed E-state index contributed by atoms with van der Waals surface area (Å²) >= 11 is 0. The Bertz CT molecular complexity index is 610. The summed E-state index contributed by atoms with van der Waals surface area (Å²) in [5.74, 6) is 0.191. The molecule has 1 fully saturated rings. The number of unbranched alkanes of at least 4 members (excludes halogenated alkanes) is 1. The van der Waals surface area contributed by atoms with Gasteiger partial charge >= 0.3 is 0 Å². The lowest BCUT2D eigenvalue weighted by Gasteiger charge is -2.57. The molecule has 1 aliphatic heterocycles. The molecule has 0 aliphatic carbocycles. The van der Waals surface area contributed by atoms with Crippen LogP contribution >= 0.6 is 0 Å². The molecule has 1 aliphatic rings. The van der Waals surface area contributed by atoms with Crippen molar-refractivity contribution in [2.45, 2.75) is 110 Å². The van der Waals surface area contributed by atoms with Crippen molar-refractivity contribution in [1.82, 2.24) is 10.4 Å². The van der Waals surface area contributed by atoms with E-state index in [0.717, 1.165) is 38.5 Å². The number of hydrogen-bond donors (Lipinski definition) is 1. The van der Waals surface area contributed by atoms with Gasteiger partial charge in [0.15, 0.2) is 0 Å². The molecule has 1 aromatic rings. The van der Waals surface area contributed by atoms with E-state index in [2.05, 4.69) is 76.2 Å². The van der Waals surface area contributed by atoms with Crippen molar-refractivity contribution in [3.05, 3.63) is 35.9 Å². The number of amides is 1. The highest BCUT2D eigenvalue weighted by molar-refractivity contribution is 5.76. The highest BCUT2D eigenvalue weighted by atomic mass is 16.7. The van der Waals surface area contributed by atoms with Gasteiger partial charge in [0.1, 0.15) is 6.10 Å². The third-order valence-electron chi connectivity index (χ3n) is 6.32. The van der Waals surface area contributed by atoms with Gasteiger partial charge in [0, 0.05) is 23.5 Å². The van der Waals surface area contributed by atoms with E-state index in [-0.39, 0.29) is 29.1 Å². The van der Waals surface area contributed by atoms with E-state index in [9.17, 15) is 4.79 Å². The summed E-state index contributed by atoms with van der Waals surface area (Å²) in [6.45, 7) is 13.2. The van der Waals surface area contributed by atoms with Gasteiger partial charge in [0.05, 0.1) is 0 Å². The zero-order chi connectivity index (χ0) is 20.8. The maximum absolute atomic E-state index is 12.4. The fraction of sp³-hybridized carbons (Fsp3) is 0.708. The quantitative estimate of drug-likeness (QED) is 0.582. The molecule has 1 amide bonds. The van der Waals surface area contributed by atoms with Crippen LogP contribution in [0.1, 0.15) is 98.2 Å². The van der Waals surface area contributed by atoms with E-state index >= 15 is 0 Å². The van der Waals surface area contributed by atoms with Crippen molar-refractivity contribution < 1.29 is 9.63 Å². The summed E-state index contributed by atoms with van der Waals surface area (Å²) in [5.41, 5.74) is 0.957. The largest absolute Gasteiger partial charge is 0.353 e.